The molecule has 0 fully saturated rings. The van der Waals surface area contributed by atoms with E-state index in [1.807, 2.05) is 12.2 Å². The van der Waals surface area contributed by atoms with Crippen LogP contribution in [0.2, 0.25) is 0 Å². The number of fused-ring (bicyclic) bond motifs is 1. The van der Waals surface area contributed by atoms with E-state index in [1.165, 1.54) is 6.26 Å². The van der Waals surface area contributed by atoms with Gasteiger partial charge in [-0.05, 0) is 24.1 Å². The van der Waals surface area contributed by atoms with Gasteiger partial charge in [-0.25, -0.2) is 0 Å². The zero-order valence-corrected chi connectivity index (χ0v) is 9.63. The molecule has 18 heavy (non-hydrogen) atoms. The lowest BCUT2D eigenvalue weighted by Crippen LogP contribution is -2.07. The van der Waals surface area contributed by atoms with Gasteiger partial charge < -0.3 is 9.52 Å². The van der Waals surface area contributed by atoms with Gasteiger partial charge in [0, 0.05) is 6.61 Å². The van der Waals surface area contributed by atoms with E-state index in [-0.39, 0.29) is 17.6 Å². The Morgan fingerprint density at radius 2 is 2.17 bits per heavy atom. The van der Waals surface area contributed by atoms with Gasteiger partial charge in [-0.15, -0.1) is 0 Å². The van der Waals surface area contributed by atoms with Crippen LogP contribution in [0.3, 0.4) is 0 Å². The Hall–Kier alpha value is -2.20. The van der Waals surface area contributed by atoms with Crippen molar-refractivity contribution in [1.82, 2.24) is 0 Å². The van der Waals surface area contributed by atoms with Gasteiger partial charge >= 0.3 is 0 Å². The highest BCUT2D eigenvalue weighted by atomic mass is 16.3. The first-order valence-electron chi connectivity index (χ1n) is 5.54. The molecule has 0 saturated carbocycles. The van der Waals surface area contributed by atoms with Crippen LogP contribution in [0.15, 0.2) is 39.7 Å². The zero-order chi connectivity index (χ0) is 13.0. The Labute approximate surface area is 103 Å². The summed E-state index contributed by atoms with van der Waals surface area (Å²) < 4.78 is 5.20. The summed E-state index contributed by atoms with van der Waals surface area (Å²) in [6.45, 7) is 0.0848. The number of aliphatic hydroxyl groups excluding tert-OH is 1. The first kappa shape index (κ1) is 12.3. The molecule has 92 valence electrons. The molecule has 0 aliphatic rings. The highest BCUT2D eigenvalue weighted by molar-refractivity contribution is 5.85. The standard InChI is InChI=1S/C14H12O4/c15-6-2-1-3-10-4-5-13-12(7-10)14(17)11(8-16)9-18-13/h1,3-5,7-9,15H,2,6H2. The summed E-state index contributed by atoms with van der Waals surface area (Å²) in [5.74, 6) is 0. The lowest BCUT2D eigenvalue weighted by atomic mass is 10.1. The molecular weight excluding hydrogens is 232 g/mol. The summed E-state index contributed by atoms with van der Waals surface area (Å²) in [5, 5.41) is 9.05. The number of carbonyl (C=O) groups is 1. The van der Waals surface area contributed by atoms with E-state index in [2.05, 4.69) is 0 Å². The van der Waals surface area contributed by atoms with Crippen molar-refractivity contribution >= 4 is 23.3 Å². The monoisotopic (exact) mass is 244 g/mol. The summed E-state index contributed by atoms with van der Waals surface area (Å²) in [7, 11) is 0. The molecule has 0 unspecified atom stereocenters. The van der Waals surface area contributed by atoms with Crippen molar-refractivity contribution in [1.29, 1.82) is 0 Å². The van der Waals surface area contributed by atoms with Crippen LogP contribution in [0.5, 0.6) is 0 Å². The maximum Gasteiger partial charge on any atom is 0.203 e. The molecule has 0 atom stereocenters. The van der Waals surface area contributed by atoms with Crippen molar-refractivity contribution in [2.24, 2.45) is 0 Å². The smallest absolute Gasteiger partial charge is 0.203 e. The van der Waals surface area contributed by atoms with Crippen molar-refractivity contribution in [3.8, 4) is 0 Å². The first-order chi connectivity index (χ1) is 8.76. The molecule has 2 rings (SSSR count). The van der Waals surface area contributed by atoms with E-state index in [0.29, 0.717) is 23.7 Å². The third-order valence-corrected chi connectivity index (χ3v) is 2.56. The maximum absolute atomic E-state index is 11.9. The van der Waals surface area contributed by atoms with E-state index in [9.17, 15) is 9.59 Å². The molecule has 0 aliphatic heterocycles. The van der Waals surface area contributed by atoms with Gasteiger partial charge in [-0.2, -0.15) is 0 Å². The Morgan fingerprint density at radius 3 is 2.89 bits per heavy atom. The Morgan fingerprint density at radius 1 is 1.33 bits per heavy atom. The van der Waals surface area contributed by atoms with Crippen molar-refractivity contribution in [3.05, 3.63) is 51.9 Å². The minimum atomic E-state index is -0.330. The van der Waals surface area contributed by atoms with Gasteiger partial charge in [0.05, 0.1) is 10.9 Å². The van der Waals surface area contributed by atoms with E-state index < -0.39 is 0 Å². The fourth-order valence-electron chi connectivity index (χ4n) is 1.64. The average molecular weight is 244 g/mol. The van der Waals surface area contributed by atoms with Crippen molar-refractivity contribution in [2.45, 2.75) is 6.42 Å². The van der Waals surface area contributed by atoms with Gasteiger partial charge in [-0.1, -0.05) is 18.2 Å². The fourth-order valence-corrected chi connectivity index (χ4v) is 1.64. The van der Waals surface area contributed by atoms with Gasteiger partial charge in [0.1, 0.15) is 11.8 Å². The van der Waals surface area contributed by atoms with E-state index in [4.69, 9.17) is 9.52 Å². The van der Waals surface area contributed by atoms with Crippen LogP contribution in [0, 0.1) is 0 Å². The van der Waals surface area contributed by atoms with Crippen LogP contribution in [-0.2, 0) is 0 Å². The summed E-state index contributed by atoms with van der Waals surface area (Å²) in [4.78, 5) is 22.6. The van der Waals surface area contributed by atoms with Crippen LogP contribution >= 0.6 is 0 Å². The lowest BCUT2D eigenvalue weighted by molar-refractivity contribution is 0.112. The third kappa shape index (κ3) is 2.38. The van der Waals surface area contributed by atoms with Crippen LogP contribution in [-0.4, -0.2) is 18.0 Å². The second-order valence-electron chi connectivity index (χ2n) is 3.81. The second-order valence-corrected chi connectivity index (χ2v) is 3.81. The molecule has 0 spiro atoms. The van der Waals surface area contributed by atoms with E-state index in [1.54, 1.807) is 18.2 Å². The number of carbonyl (C=O) groups excluding carboxylic acids is 1. The maximum atomic E-state index is 11.9. The molecule has 0 saturated heterocycles. The Bertz CT molecular complexity index is 652. The normalized spacial score (nSPS) is 11.2. The molecule has 0 amide bonds. The van der Waals surface area contributed by atoms with Gasteiger partial charge in [0.25, 0.3) is 0 Å². The number of aliphatic hydroxyl groups is 1. The van der Waals surface area contributed by atoms with Crippen LogP contribution in [0.4, 0.5) is 0 Å². The SMILES string of the molecule is O=Cc1coc2ccc(C=CCCO)cc2c1=O. The second kappa shape index (κ2) is 5.42. The lowest BCUT2D eigenvalue weighted by Gasteiger charge is -1.99. The molecule has 2 aromatic rings. The van der Waals surface area contributed by atoms with Crippen LogP contribution in [0.1, 0.15) is 22.3 Å². The largest absolute Gasteiger partial charge is 0.463 e. The minimum Gasteiger partial charge on any atom is -0.463 e. The Balaban J connectivity index is 2.52. The highest BCUT2D eigenvalue weighted by Crippen LogP contribution is 2.14. The average Bonchev–Trinajstić information content (AvgIpc) is 2.40. The van der Waals surface area contributed by atoms with Crippen LogP contribution in [0.25, 0.3) is 17.0 Å². The molecule has 0 aliphatic carbocycles. The molecule has 1 N–H and O–H groups in total. The fraction of sp³-hybridized carbons (Fsp3) is 0.143. The molecule has 0 radical (unpaired) electrons. The predicted octanol–water partition coefficient (Wildman–Crippen LogP) is 2.00. The number of hydrogen-bond acceptors (Lipinski definition) is 4. The number of rotatable bonds is 4. The number of aldehydes is 1. The molecule has 4 heteroatoms. The van der Waals surface area contributed by atoms with Gasteiger partial charge in [0.2, 0.25) is 5.43 Å². The third-order valence-electron chi connectivity index (χ3n) is 2.56. The summed E-state index contributed by atoms with van der Waals surface area (Å²) >= 11 is 0. The van der Waals surface area contributed by atoms with Crippen molar-refractivity contribution < 1.29 is 14.3 Å². The zero-order valence-electron chi connectivity index (χ0n) is 9.63. The number of hydrogen-bond donors (Lipinski definition) is 1. The molecule has 0 bridgehead atoms. The summed E-state index contributed by atoms with van der Waals surface area (Å²) in [5.41, 5.74) is 0.957. The van der Waals surface area contributed by atoms with E-state index >= 15 is 0 Å². The van der Waals surface area contributed by atoms with Crippen molar-refractivity contribution in [2.75, 3.05) is 6.61 Å². The van der Waals surface area contributed by atoms with Crippen molar-refractivity contribution in [3.63, 3.8) is 0 Å². The van der Waals surface area contributed by atoms with Gasteiger partial charge in [-0.3, -0.25) is 9.59 Å². The quantitative estimate of drug-likeness (QED) is 0.835. The summed E-state index contributed by atoms with van der Waals surface area (Å²) in [6.07, 6.45) is 5.83. The number of benzene rings is 1. The molecular formula is C14H12O4. The molecule has 1 aromatic carbocycles. The summed E-state index contributed by atoms with van der Waals surface area (Å²) in [6, 6.07) is 5.16. The highest BCUT2D eigenvalue weighted by Gasteiger charge is 2.06. The topological polar surface area (TPSA) is 67.5 Å². The van der Waals surface area contributed by atoms with Crippen LogP contribution < -0.4 is 5.43 Å². The molecule has 4 nitrogen and oxygen atoms in total. The predicted molar refractivity (Wildman–Crippen MR) is 68.6 cm³/mol. The molecule has 1 heterocycles. The van der Waals surface area contributed by atoms with Gasteiger partial charge in [0.15, 0.2) is 6.29 Å². The van der Waals surface area contributed by atoms with E-state index in [0.717, 1.165) is 5.56 Å². The molecule has 1 aromatic heterocycles. The first-order valence-corrected chi connectivity index (χ1v) is 5.54. The minimum absolute atomic E-state index is 0.0130. The Kier molecular flexibility index (Phi) is 3.69.